The summed E-state index contributed by atoms with van der Waals surface area (Å²) in [7, 11) is 0. The normalized spacial score (nSPS) is 11.5. The number of hydrogen-bond donors (Lipinski definition) is 1. The number of aromatic nitrogens is 2. The van der Waals surface area contributed by atoms with Crippen molar-refractivity contribution in [2.45, 2.75) is 24.8 Å². The first-order chi connectivity index (χ1) is 10.8. The molecule has 1 N–H and O–H groups in total. The Morgan fingerprint density at radius 2 is 2.17 bits per heavy atom. The number of benzene rings is 1. The van der Waals surface area contributed by atoms with Crippen molar-refractivity contribution in [1.82, 2.24) is 9.55 Å². The minimum absolute atomic E-state index is 0.0426. The van der Waals surface area contributed by atoms with E-state index in [1.807, 2.05) is 11.5 Å². The van der Waals surface area contributed by atoms with E-state index in [2.05, 4.69) is 10.3 Å². The second kappa shape index (κ2) is 7.27. The highest BCUT2D eigenvalue weighted by atomic mass is 35.5. The van der Waals surface area contributed by atoms with Crippen LogP contribution in [0.15, 0.2) is 35.7 Å². The van der Waals surface area contributed by atoms with Crippen LogP contribution in [0.2, 0.25) is 5.02 Å². The smallest absolute Gasteiger partial charge is 0.326 e. The lowest BCUT2D eigenvalue weighted by molar-refractivity contribution is -0.137. The third-order valence-corrected chi connectivity index (χ3v) is 4.24. The highest BCUT2D eigenvalue weighted by Crippen LogP contribution is 2.36. The number of anilines is 1. The number of aryl methyl sites for hydroxylation is 1. The zero-order chi connectivity index (χ0) is 17.0. The van der Waals surface area contributed by atoms with Gasteiger partial charge in [-0.3, -0.25) is 4.79 Å². The van der Waals surface area contributed by atoms with Crippen LogP contribution in [0.25, 0.3) is 0 Å². The maximum atomic E-state index is 12.8. The summed E-state index contributed by atoms with van der Waals surface area (Å²) in [4.78, 5) is 16.0. The van der Waals surface area contributed by atoms with Crippen LogP contribution in [0.4, 0.5) is 18.9 Å². The summed E-state index contributed by atoms with van der Waals surface area (Å²) in [5.41, 5.74) is -0.933. The Labute approximate surface area is 140 Å². The molecule has 0 atom stereocenters. The molecule has 0 fully saturated rings. The van der Waals surface area contributed by atoms with Crippen LogP contribution >= 0.6 is 23.4 Å². The number of imidazole rings is 1. The fourth-order valence-electron chi connectivity index (χ4n) is 1.82. The van der Waals surface area contributed by atoms with Crippen LogP contribution in [0.3, 0.4) is 0 Å². The number of hydrogen-bond acceptors (Lipinski definition) is 3. The van der Waals surface area contributed by atoms with Crippen molar-refractivity contribution in [1.29, 1.82) is 0 Å². The molecule has 0 radical (unpaired) electrons. The summed E-state index contributed by atoms with van der Waals surface area (Å²) in [5, 5.41) is 2.69. The van der Waals surface area contributed by atoms with Crippen molar-refractivity contribution in [3.8, 4) is 0 Å². The summed E-state index contributed by atoms with van der Waals surface area (Å²) in [6.45, 7) is 2.66. The second-order valence-corrected chi connectivity index (χ2v) is 5.87. The Balaban J connectivity index is 2.00. The number of nitrogens with one attached hydrogen (secondary N) is 1. The predicted octanol–water partition coefficient (Wildman–Crippen LogP) is 4.31. The van der Waals surface area contributed by atoms with Gasteiger partial charge in [-0.25, -0.2) is 4.98 Å². The lowest BCUT2D eigenvalue weighted by atomic mass is 10.2. The second-order valence-electron chi connectivity index (χ2n) is 4.53. The number of carbonyl (C=O) groups is 1. The van der Waals surface area contributed by atoms with Crippen molar-refractivity contribution >= 4 is 35.0 Å². The number of nitrogens with zero attached hydrogens (tertiary/aromatic N) is 2. The molecule has 23 heavy (non-hydrogen) atoms. The predicted molar refractivity (Wildman–Crippen MR) is 83.7 cm³/mol. The fourth-order valence-corrected chi connectivity index (χ4v) is 2.87. The van der Waals surface area contributed by atoms with E-state index in [0.29, 0.717) is 5.16 Å². The Morgan fingerprint density at radius 3 is 2.83 bits per heavy atom. The average Bonchev–Trinajstić information content (AvgIpc) is 2.93. The number of carbonyl (C=O) groups excluding carboxylic acids is 1. The zero-order valence-electron chi connectivity index (χ0n) is 12.0. The Bertz CT molecular complexity index is 703. The molecular formula is C14H13ClF3N3OS. The maximum Gasteiger partial charge on any atom is 0.417 e. The molecule has 0 bridgehead atoms. The van der Waals surface area contributed by atoms with Crippen LogP contribution in [-0.2, 0) is 17.5 Å². The van der Waals surface area contributed by atoms with Crippen LogP contribution < -0.4 is 5.32 Å². The van der Waals surface area contributed by atoms with E-state index in [4.69, 9.17) is 11.6 Å². The highest BCUT2D eigenvalue weighted by molar-refractivity contribution is 7.99. The van der Waals surface area contributed by atoms with Crippen molar-refractivity contribution < 1.29 is 18.0 Å². The van der Waals surface area contributed by atoms with Gasteiger partial charge in [0.15, 0.2) is 5.16 Å². The first-order valence-corrected chi connectivity index (χ1v) is 7.98. The largest absolute Gasteiger partial charge is 0.417 e. The van der Waals surface area contributed by atoms with Gasteiger partial charge in [0, 0.05) is 24.6 Å². The van der Waals surface area contributed by atoms with Crippen molar-refractivity contribution in [2.24, 2.45) is 0 Å². The van der Waals surface area contributed by atoms with Gasteiger partial charge in [-0.05, 0) is 25.1 Å². The summed E-state index contributed by atoms with van der Waals surface area (Å²) in [5.74, 6) is -0.378. The first kappa shape index (κ1) is 17.7. The molecule has 0 aliphatic rings. The Morgan fingerprint density at radius 1 is 1.43 bits per heavy atom. The Kier molecular flexibility index (Phi) is 5.59. The molecule has 0 aliphatic carbocycles. The molecule has 0 unspecified atom stereocenters. The third-order valence-electron chi connectivity index (χ3n) is 2.91. The van der Waals surface area contributed by atoms with E-state index >= 15 is 0 Å². The molecule has 0 saturated carbocycles. The monoisotopic (exact) mass is 363 g/mol. The van der Waals surface area contributed by atoms with Gasteiger partial charge in [0.2, 0.25) is 5.91 Å². The molecule has 9 heteroatoms. The van der Waals surface area contributed by atoms with E-state index in [9.17, 15) is 18.0 Å². The molecule has 2 rings (SSSR count). The van der Waals surface area contributed by atoms with Gasteiger partial charge < -0.3 is 9.88 Å². The summed E-state index contributed by atoms with van der Waals surface area (Å²) in [6, 6.07) is 3.25. The van der Waals surface area contributed by atoms with Crippen molar-refractivity contribution in [3.05, 3.63) is 41.2 Å². The summed E-state index contributed by atoms with van der Waals surface area (Å²) < 4.78 is 40.2. The maximum absolute atomic E-state index is 12.8. The molecule has 2 aromatic rings. The average molecular weight is 364 g/mol. The van der Waals surface area contributed by atoms with Crippen molar-refractivity contribution in [3.63, 3.8) is 0 Å². The SMILES string of the molecule is CCn1ccnc1SCC(=O)Nc1ccc(Cl)c(C(F)(F)F)c1. The van der Waals surface area contributed by atoms with E-state index in [-0.39, 0.29) is 11.4 Å². The van der Waals surface area contributed by atoms with E-state index in [0.717, 1.165) is 18.7 Å². The Hall–Kier alpha value is -1.67. The van der Waals surface area contributed by atoms with Gasteiger partial charge >= 0.3 is 6.18 Å². The highest BCUT2D eigenvalue weighted by Gasteiger charge is 2.33. The van der Waals surface area contributed by atoms with Gasteiger partial charge in [-0.2, -0.15) is 13.2 Å². The number of amides is 1. The fraction of sp³-hybridized carbons (Fsp3) is 0.286. The number of rotatable bonds is 5. The van der Waals surface area contributed by atoms with E-state index < -0.39 is 22.7 Å². The third kappa shape index (κ3) is 4.65. The van der Waals surface area contributed by atoms with Gasteiger partial charge in [-0.15, -0.1) is 0 Å². The van der Waals surface area contributed by atoms with Gasteiger partial charge in [0.1, 0.15) is 0 Å². The lowest BCUT2D eigenvalue weighted by Crippen LogP contribution is -2.15. The summed E-state index contributed by atoms with van der Waals surface area (Å²) >= 11 is 6.74. The van der Waals surface area contributed by atoms with Gasteiger partial charge in [0.25, 0.3) is 0 Å². The molecule has 0 spiro atoms. The van der Waals surface area contributed by atoms with Crippen LogP contribution in [-0.4, -0.2) is 21.2 Å². The molecule has 1 amide bonds. The molecular weight excluding hydrogens is 351 g/mol. The van der Waals surface area contributed by atoms with Gasteiger partial charge in [-0.1, -0.05) is 23.4 Å². The molecule has 1 aromatic carbocycles. The number of thioether (sulfide) groups is 1. The molecule has 4 nitrogen and oxygen atoms in total. The minimum atomic E-state index is -4.57. The van der Waals surface area contributed by atoms with E-state index in [1.54, 1.807) is 12.4 Å². The van der Waals surface area contributed by atoms with E-state index in [1.165, 1.54) is 17.8 Å². The number of alkyl halides is 3. The summed E-state index contributed by atoms with van der Waals surface area (Å²) in [6.07, 6.45) is -1.16. The minimum Gasteiger partial charge on any atom is -0.326 e. The quantitative estimate of drug-likeness (QED) is 0.805. The van der Waals surface area contributed by atoms with Crippen LogP contribution in [0.1, 0.15) is 12.5 Å². The standard InChI is InChI=1S/C14H13ClF3N3OS/c1-2-21-6-5-19-13(21)23-8-12(22)20-9-3-4-11(15)10(7-9)14(16,17)18/h3-7H,2,8H2,1H3,(H,20,22). The molecule has 1 heterocycles. The molecule has 0 aliphatic heterocycles. The zero-order valence-corrected chi connectivity index (χ0v) is 13.6. The molecule has 0 saturated heterocycles. The topological polar surface area (TPSA) is 46.9 Å². The van der Waals surface area contributed by atoms with Crippen LogP contribution in [0, 0.1) is 0 Å². The van der Waals surface area contributed by atoms with Crippen molar-refractivity contribution in [2.75, 3.05) is 11.1 Å². The lowest BCUT2D eigenvalue weighted by Gasteiger charge is -2.11. The first-order valence-electron chi connectivity index (χ1n) is 6.61. The number of halogens is 4. The van der Waals surface area contributed by atoms with Gasteiger partial charge in [0.05, 0.1) is 16.3 Å². The van der Waals surface area contributed by atoms with Crippen LogP contribution in [0.5, 0.6) is 0 Å². The molecule has 124 valence electrons. The molecule has 1 aromatic heterocycles.